The minimum absolute atomic E-state index is 0.245. The Morgan fingerprint density at radius 2 is 2.29 bits per heavy atom. The molecule has 0 bridgehead atoms. The molecule has 0 aromatic heterocycles. The molecule has 0 amide bonds. The molecule has 72 valence electrons. The first-order chi connectivity index (χ1) is 6.74. The van der Waals surface area contributed by atoms with Crippen LogP contribution in [0.1, 0.15) is 25.3 Å². The summed E-state index contributed by atoms with van der Waals surface area (Å²) in [5.74, 6) is 0.0920. The third-order valence-electron chi connectivity index (χ3n) is 3.15. The summed E-state index contributed by atoms with van der Waals surface area (Å²) < 4.78 is 13.5. The average molecular weight is 189 g/mol. The SMILES string of the molecule is CCC1CC1(C#N)c1ccccc1F. The highest BCUT2D eigenvalue weighted by molar-refractivity contribution is 5.41. The van der Waals surface area contributed by atoms with Gasteiger partial charge in [-0.1, -0.05) is 31.5 Å². The van der Waals surface area contributed by atoms with Crippen LogP contribution in [-0.4, -0.2) is 0 Å². The second-order valence-corrected chi connectivity index (χ2v) is 3.87. The summed E-state index contributed by atoms with van der Waals surface area (Å²) in [5, 5.41) is 9.12. The maximum atomic E-state index is 13.5. The zero-order valence-electron chi connectivity index (χ0n) is 8.13. The number of nitrogens with zero attached hydrogens (tertiary/aromatic N) is 1. The van der Waals surface area contributed by atoms with E-state index in [9.17, 15) is 4.39 Å². The maximum Gasteiger partial charge on any atom is 0.128 e. The Kier molecular flexibility index (Phi) is 2.03. The van der Waals surface area contributed by atoms with Crippen molar-refractivity contribution in [2.75, 3.05) is 0 Å². The number of benzene rings is 1. The lowest BCUT2D eigenvalue weighted by molar-refractivity contribution is 0.584. The fraction of sp³-hybridized carbons (Fsp3) is 0.417. The lowest BCUT2D eigenvalue weighted by atomic mass is 9.93. The van der Waals surface area contributed by atoms with Gasteiger partial charge in [0.15, 0.2) is 0 Å². The Balaban J connectivity index is 2.41. The molecular formula is C12H12FN. The Morgan fingerprint density at radius 3 is 2.79 bits per heavy atom. The van der Waals surface area contributed by atoms with E-state index in [-0.39, 0.29) is 5.82 Å². The second kappa shape index (κ2) is 3.09. The molecule has 0 spiro atoms. The van der Waals surface area contributed by atoms with Gasteiger partial charge in [0, 0.05) is 5.56 Å². The first-order valence-corrected chi connectivity index (χ1v) is 4.91. The minimum atomic E-state index is -0.528. The summed E-state index contributed by atoms with van der Waals surface area (Å²) >= 11 is 0. The first-order valence-electron chi connectivity index (χ1n) is 4.91. The highest BCUT2D eigenvalue weighted by atomic mass is 19.1. The van der Waals surface area contributed by atoms with Crippen molar-refractivity contribution in [2.45, 2.75) is 25.2 Å². The van der Waals surface area contributed by atoms with E-state index in [1.807, 2.05) is 6.92 Å². The summed E-state index contributed by atoms with van der Waals surface area (Å²) in [7, 11) is 0. The predicted molar refractivity (Wildman–Crippen MR) is 52.1 cm³/mol. The van der Waals surface area contributed by atoms with Crippen LogP contribution in [0.2, 0.25) is 0 Å². The molecule has 1 fully saturated rings. The lowest BCUT2D eigenvalue weighted by Gasteiger charge is -2.08. The fourth-order valence-corrected chi connectivity index (χ4v) is 2.17. The van der Waals surface area contributed by atoms with Gasteiger partial charge in [-0.05, 0) is 18.4 Å². The van der Waals surface area contributed by atoms with E-state index in [4.69, 9.17) is 5.26 Å². The van der Waals surface area contributed by atoms with Crippen LogP contribution in [0, 0.1) is 23.1 Å². The van der Waals surface area contributed by atoms with Gasteiger partial charge in [0.1, 0.15) is 5.82 Å². The molecular weight excluding hydrogens is 177 g/mol. The van der Waals surface area contributed by atoms with Gasteiger partial charge in [0.05, 0.1) is 11.5 Å². The van der Waals surface area contributed by atoms with E-state index >= 15 is 0 Å². The molecule has 0 N–H and O–H groups in total. The van der Waals surface area contributed by atoms with Gasteiger partial charge in [-0.15, -0.1) is 0 Å². The van der Waals surface area contributed by atoms with Crippen LogP contribution in [0.25, 0.3) is 0 Å². The van der Waals surface area contributed by atoms with Gasteiger partial charge in [0.25, 0.3) is 0 Å². The summed E-state index contributed by atoms with van der Waals surface area (Å²) in [5.41, 5.74) is 0.0504. The van der Waals surface area contributed by atoms with Crippen LogP contribution in [-0.2, 0) is 5.41 Å². The Hall–Kier alpha value is -1.36. The molecule has 1 saturated carbocycles. The molecule has 1 aliphatic carbocycles. The van der Waals surface area contributed by atoms with Crippen LogP contribution < -0.4 is 0 Å². The van der Waals surface area contributed by atoms with Crippen molar-refractivity contribution in [3.8, 4) is 6.07 Å². The maximum absolute atomic E-state index is 13.5. The molecule has 1 aromatic rings. The van der Waals surface area contributed by atoms with Gasteiger partial charge < -0.3 is 0 Å². The fourth-order valence-electron chi connectivity index (χ4n) is 2.17. The average Bonchev–Trinajstić information content (AvgIpc) is 2.93. The zero-order chi connectivity index (χ0) is 10.2. The van der Waals surface area contributed by atoms with E-state index in [0.29, 0.717) is 11.5 Å². The number of halogens is 1. The smallest absolute Gasteiger partial charge is 0.128 e. The number of rotatable bonds is 2. The van der Waals surface area contributed by atoms with Crippen molar-refractivity contribution in [1.82, 2.24) is 0 Å². The van der Waals surface area contributed by atoms with Crippen LogP contribution >= 0.6 is 0 Å². The molecule has 1 nitrogen and oxygen atoms in total. The highest BCUT2D eigenvalue weighted by Gasteiger charge is 2.56. The predicted octanol–water partition coefficient (Wildman–Crippen LogP) is 3.02. The molecule has 2 rings (SSSR count). The molecule has 2 unspecified atom stereocenters. The number of hydrogen-bond donors (Lipinski definition) is 0. The van der Waals surface area contributed by atoms with E-state index in [2.05, 4.69) is 6.07 Å². The molecule has 2 heteroatoms. The van der Waals surface area contributed by atoms with Crippen LogP contribution in [0.15, 0.2) is 24.3 Å². The summed E-state index contributed by atoms with van der Waals surface area (Å²) in [6, 6.07) is 8.89. The van der Waals surface area contributed by atoms with Crippen LogP contribution in [0.4, 0.5) is 4.39 Å². The van der Waals surface area contributed by atoms with Gasteiger partial charge in [-0.25, -0.2) is 4.39 Å². The first kappa shape index (κ1) is 9.21. The zero-order valence-corrected chi connectivity index (χ0v) is 8.13. The van der Waals surface area contributed by atoms with Crippen LogP contribution in [0.5, 0.6) is 0 Å². The quantitative estimate of drug-likeness (QED) is 0.701. The Morgan fingerprint density at radius 1 is 1.57 bits per heavy atom. The molecule has 0 radical (unpaired) electrons. The summed E-state index contributed by atoms with van der Waals surface area (Å²) in [6.45, 7) is 2.05. The summed E-state index contributed by atoms with van der Waals surface area (Å²) in [6.07, 6.45) is 1.75. The van der Waals surface area contributed by atoms with E-state index in [0.717, 1.165) is 12.8 Å². The molecule has 2 atom stereocenters. The molecule has 1 aromatic carbocycles. The molecule has 0 saturated heterocycles. The topological polar surface area (TPSA) is 23.8 Å². The van der Waals surface area contributed by atoms with E-state index in [1.54, 1.807) is 18.2 Å². The van der Waals surface area contributed by atoms with Gasteiger partial charge >= 0.3 is 0 Å². The van der Waals surface area contributed by atoms with Crippen molar-refractivity contribution in [3.63, 3.8) is 0 Å². The largest absolute Gasteiger partial charge is 0.207 e. The van der Waals surface area contributed by atoms with Crippen LogP contribution in [0.3, 0.4) is 0 Å². The van der Waals surface area contributed by atoms with Gasteiger partial charge in [-0.3, -0.25) is 0 Å². The van der Waals surface area contributed by atoms with Crippen molar-refractivity contribution in [1.29, 1.82) is 5.26 Å². The van der Waals surface area contributed by atoms with Crippen molar-refractivity contribution in [2.24, 2.45) is 5.92 Å². The van der Waals surface area contributed by atoms with Crippen molar-refractivity contribution >= 4 is 0 Å². The Bertz CT molecular complexity index is 394. The third-order valence-corrected chi connectivity index (χ3v) is 3.15. The lowest BCUT2D eigenvalue weighted by Crippen LogP contribution is -2.09. The van der Waals surface area contributed by atoms with E-state index < -0.39 is 5.41 Å². The minimum Gasteiger partial charge on any atom is -0.207 e. The molecule has 14 heavy (non-hydrogen) atoms. The summed E-state index contributed by atoms with van der Waals surface area (Å²) in [4.78, 5) is 0. The molecule has 1 aliphatic rings. The number of nitriles is 1. The third kappa shape index (κ3) is 1.13. The highest BCUT2D eigenvalue weighted by Crippen LogP contribution is 2.56. The van der Waals surface area contributed by atoms with Gasteiger partial charge in [0.2, 0.25) is 0 Å². The van der Waals surface area contributed by atoms with E-state index in [1.165, 1.54) is 6.07 Å². The monoisotopic (exact) mass is 189 g/mol. The van der Waals surface area contributed by atoms with Gasteiger partial charge in [-0.2, -0.15) is 5.26 Å². The normalized spacial score (nSPS) is 29.6. The van der Waals surface area contributed by atoms with Crippen molar-refractivity contribution in [3.05, 3.63) is 35.6 Å². The van der Waals surface area contributed by atoms with Crippen molar-refractivity contribution < 1.29 is 4.39 Å². The molecule has 0 aliphatic heterocycles. The molecule has 0 heterocycles. The standard InChI is InChI=1S/C12H12FN/c1-2-9-7-12(9,8-14)10-5-3-4-6-11(10)13/h3-6,9H,2,7H2,1H3. The Labute approximate surface area is 83.2 Å². The number of hydrogen-bond acceptors (Lipinski definition) is 1. The second-order valence-electron chi connectivity index (χ2n) is 3.87.